The molecule has 7 nitrogen and oxygen atoms in total. The Labute approximate surface area is 142 Å². The van der Waals surface area contributed by atoms with E-state index in [9.17, 15) is 9.90 Å². The lowest BCUT2D eigenvalue weighted by molar-refractivity contribution is -0.147. The summed E-state index contributed by atoms with van der Waals surface area (Å²) in [7, 11) is 0. The average molecular weight is 335 g/mol. The predicted octanol–water partition coefficient (Wildman–Crippen LogP) is 2.18. The quantitative estimate of drug-likeness (QED) is 0.817. The van der Waals surface area contributed by atoms with Crippen molar-refractivity contribution < 1.29 is 19.4 Å². The van der Waals surface area contributed by atoms with Gasteiger partial charge in [-0.3, -0.25) is 0 Å². The fourth-order valence-corrected chi connectivity index (χ4v) is 2.95. The van der Waals surface area contributed by atoms with Crippen LogP contribution in [-0.4, -0.2) is 52.4 Å². The summed E-state index contributed by atoms with van der Waals surface area (Å²) in [6.07, 6.45) is 4.36. The number of carbonyl (C=O) groups is 1. The van der Waals surface area contributed by atoms with Crippen LogP contribution < -0.4 is 9.64 Å². The summed E-state index contributed by atoms with van der Waals surface area (Å²) >= 11 is 0. The molecule has 1 aromatic heterocycles. The van der Waals surface area contributed by atoms with Crippen LogP contribution in [0.15, 0.2) is 6.07 Å². The highest BCUT2D eigenvalue weighted by Crippen LogP contribution is 2.40. The van der Waals surface area contributed by atoms with Gasteiger partial charge >= 0.3 is 5.97 Å². The molecule has 2 aliphatic rings. The van der Waals surface area contributed by atoms with E-state index in [0.29, 0.717) is 30.7 Å². The third kappa shape index (κ3) is 3.77. The number of rotatable bonds is 7. The number of anilines is 1. The normalized spacial score (nSPS) is 20.0. The van der Waals surface area contributed by atoms with Gasteiger partial charge in [-0.2, -0.15) is 4.98 Å². The SMILES string of the molecule is CCCOC1CCN(c2cc(OC3(C(=O)O)CC3)nc(C)n2)CC1. The van der Waals surface area contributed by atoms with Crippen molar-refractivity contribution in [2.24, 2.45) is 0 Å². The molecule has 0 radical (unpaired) electrons. The van der Waals surface area contributed by atoms with Gasteiger partial charge in [0.2, 0.25) is 11.5 Å². The van der Waals surface area contributed by atoms with Gasteiger partial charge in [0.1, 0.15) is 11.6 Å². The topological polar surface area (TPSA) is 84.8 Å². The van der Waals surface area contributed by atoms with Crippen LogP contribution in [0.1, 0.15) is 44.9 Å². The Morgan fingerprint density at radius 1 is 1.38 bits per heavy atom. The van der Waals surface area contributed by atoms with Crippen LogP contribution in [0.25, 0.3) is 0 Å². The number of carboxylic acids is 1. The molecule has 1 saturated heterocycles. The summed E-state index contributed by atoms with van der Waals surface area (Å²) in [6, 6.07) is 1.75. The average Bonchev–Trinajstić information content (AvgIpc) is 3.34. The molecule has 2 heterocycles. The molecule has 2 fully saturated rings. The first-order chi connectivity index (χ1) is 11.5. The minimum absolute atomic E-state index is 0.321. The van der Waals surface area contributed by atoms with Gasteiger partial charge in [-0.15, -0.1) is 0 Å². The Kier molecular flexibility index (Phi) is 4.89. The first kappa shape index (κ1) is 17.0. The zero-order chi connectivity index (χ0) is 17.2. The van der Waals surface area contributed by atoms with E-state index in [1.165, 1.54) is 0 Å². The zero-order valence-electron chi connectivity index (χ0n) is 14.3. The van der Waals surface area contributed by atoms with Crippen molar-refractivity contribution >= 4 is 11.8 Å². The first-order valence-corrected chi connectivity index (χ1v) is 8.67. The number of ether oxygens (including phenoxy) is 2. The Morgan fingerprint density at radius 3 is 2.67 bits per heavy atom. The minimum atomic E-state index is -1.08. The largest absolute Gasteiger partial charge is 0.478 e. The van der Waals surface area contributed by atoms with Crippen LogP contribution >= 0.6 is 0 Å². The number of piperidine rings is 1. The molecular weight excluding hydrogens is 310 g/mol. The predicted molar refractivity (Wildman–Crippen MR) is 88.5 cm³/mol. The van der Waals surface area contributed by atoms with Crippen molar-refractivity contribution in [3.63, 3.8) is 0 Å². The van der Waals surface area contributed by atoms with E-state index in [1.807, 2.05) is 0 Å². The van der Waals surface area contributed by atoms with Crippen molar-refractivity contribution in [1.29, 1.82) is 0 Å². The summed E-state index contributed by atoms with van der Waals surface area (Å²) in [5.74, 6) is 0.816. The van der Waals surface area contributed by atoms with Gasteiger partial charge in [0, 0.05) is 38.6 Å². The van der Waals surface area contributed by atoms with E-state index in [0.717, 1.165) is 44.8 Å². The lowest BCUT2D eigenvalue weighted by atomic mass is 10.1. The third-order valence-electron chi connectivity index (χ3n) is 4.52. The van der Waals surface area contributed by atoms with Gasteiger partial charge in [-0.25, -0.2) is 9.78 Å². The maximum atomic E-state index is 11.3. The second-order valence-corrected chi connectivity index (χ2v) is 6.57. The molecular formula is C17H25N3O4. The van der Waals surface area contributed by atoms with Crippen LogP contribution in [0.4, 0.5) is 5.82 Å². The molecule has 3 rings (SSSR count). The lowest BCUT2D eigenvalue weighted by Crippen LogP contribution is -2.38. The smallest absolute Gasteiger partial charge is 0.348 e. The van der Waals surface area contributed by atoms with Crippen LogP contribution in [0.5, 0.6) is 5.88 Å². The van der Waals surface area contributed by atoms with Gasteiger partial charge < -0.3 is 19.5 Å². The molecule has 0 spiro atoms. The molecule has 132 valence electrons. The Hall–Kier alpha value is -1.89. The maximum Gasteiger partial charge on any atom is 0.348 e. The second-order valence-electron chi connectivity index (χ2n) is 6.57. The molecule has 1 aliphatic carbocycles. The molecule has 0 unspecified atom stereocenters. The van der Waals surface area contributed by atoms with E-state index in [1.54, 1.807) is 13.0 Å². The monoisotopic (exact) mass is 335 g/mol. The third-order valence-corrected chi connectivity index (χ3v) is 4.52. The van der Waals surface area contributed by atoms with Crippen molar-refractivity contribution in [1.82, 2.24) is 9.97 Å². The van der Waals surface area contributed by atoms with Crippen molar-refractivity contribution in [3.05, 3.63) is 11.9 Å². The van der Waals surface area contributed by atoms with E-state index < -0.39 is 11.6 Å². The maximum absolute atomic E-state index is 11.3. The van der Waals surface area contributed by atoms with Gasteiger partial charge in [0.05, 0.1) is 6.10 Å². The summed E-state index contributed by atoms with van der Waals surface area (Å²) < 4.78 is 11.5. The molecule has 7 heteroatoms. The van der Waals surface area contributed by atoms with E-state index >= 15 is 0 Å². The van der Waals surface area contributed by atoms with Crippen molar-refractivity contribution in [2.75, 3.05) is 24.6 Å². The number of aliphatic carboxylic acids is 1. The van der Waals surface area contributed by atoms with Gasteiger partial charge in [-0.05, 0) is 26.2 Å². The molecule has 0 atom stereocenters. The van der Waals surface area contributed by atoms with Crippen molar-refractivity contribution in [3.8, 4) is 5.88 Å². The van der Waals surface area contributed by atoms with E-state index in [2.05, 4.69) is 21.8 Å². The number of hydrogen-bond acceptors (Lipinski definition) is 6. The molecule has 1 saturated carbocycles. The number of nitrogens with zero attached hydrogens (tertiary/aromatic N) is 3. The van der Waals surface area contributed by atoms with Crippen LogP contribution in [0, 0.1) is 6.92 Å². The summed E-state index contributed by atoms with van der Waals surface area (Å²) in [5, 5.41) is 9.26. The highest BCUT2D eigenvalue weighted by molar-refractivity contribution is 5.81. The molecule has 0 aromatic carbocycles. The number of carboxylic acid groups (broad SMARTS) is 1. The standard InChI is InChI=1S/C17H25N3O4/c1-3-10-23-13-4-8-20(9-5-13)14-11-15(19-12(2)18-14)24-17(6-7-17)16(21)22/h11,13H,3-10H2,1-2H3,(H,21,22). The molecule has 0 bridgehead atoms. The molecule has 1 aliphatic heterocycles. The second kappa shape index (κ2) is 6.93. The summed E-state index contributed by atoms with van der Waals surface area (Å²) in [4.78, 5) is 22.2. The van der Waals surface area contributed by atoms with Crippen LogP contribution in [0.3, 0.4) is 0 Å². The molecule has 24 heavy (non-hydrogen) atoms. The first-order valence-electron chi connectivity index (χ1n) is 8.67. The summed E-state index contributed by atoms with van der Waals surface area (Å²) in [6.45, 7) is 6.47. The molecule has 1 N–H and O–H groups in total. The molecule has 1 aromatic rings. The highest BCUT2D eigenvalue weighted by atomic mass is 16.5. The van der Waals surface area contributed by atoms with E-state index in [4.69, 9.17) is 9.47 Å². The lowest BCUT2D eigenvalue weighted by Gasteiger charge is -2.33. The Bertz CT molecular complexity index is 595. The summed E-state index contributed by atoms with van der Waals surface area (Å²) in [5.41, 5.74) is -1.08. The number of aromatic nitrogens is 2. The highest BCUT2D eigenvalue weighted by Gasteiger charge is 2.54. The van der Waals surface area contributed by atoms with Crippen molar-refractivity contribution in [2.45, 2.75) is 57.7 Å². The number of aryl methyl sites for hydroxylation is 1. The fraction of sp³-hybridized carbons (Fsp3) is 0.706. The van der Waals surface area contributed by atoms with E-state index in [-0.39, 0.29) is 0 Å². The minimum Gasteiger partial charge on any atom is -0.478 e. The zero-order valence-corrected chi connectivity index (χ0v) is 14.3. The Balaban J connectivity index is 1.65. The van der Waals surface area contributed by atoms with Crippen LogP contribution in [-0.2, 0) is 9.53 Å². The van der Waals surface area contributed by atoms with Gasteiger partial charge in [-0.1, -0.05) is 6.92 Å². The van der Waals surface area contributed by atoms with Crippen LogP contribution in [0.2, 0.25) is 0 Å². The van der Waals surface area contributed by atoms with Gasteiger partial charge in [0.25, 0.3) is 0 Å². The number of hydrogen-bond donors (Lipinski definition) is 1. The molecule has 0 amide bonds. The van der Waals surface area contributed by atoms with Gasteiger partial charge in [0.15, 0.2) is 0 Å². The fourth-order valence-electron chi connectivity index (χ4n) is 2.95. The Morgan fingerprint density at radius 2 is 2.08 bits per heavy atom.